The molecule has 1 aromatic heterocycles. The molecular weight excluding hydrogens is 606 g/mol. The van der Waals surface area contributed by atoms with Gasteiger partial charge in [0.2, 0.25) is 10.0 Å². The Morgan fingerprint density at radius 3 is 2.46 bits per heavy atom. The van der Waals surface area contributed by atoms with Crippen molar-refractivity contribution in [1.82, 2.24) is 4.31 Å². The summed E-state index contributed by atoms with van der Waals surface area (Å²) in [6, 6.07) is 25.5. The number of carbonyl (C=O) groups excluding carboxylic acids is 2. The Hall–Kier alpha value is -4.25. The Morgan fingerprint density at radius 2 is 1.74 bits per heavy atom. The molecule has 10 heteroatoms. The normalized spacial score (nSPS) is 17.3. The number of furan rings is 1. The summed E-state index contributed by atoms with van der Waals surface area (Å²) in [4.78, 5) is 24.8. The zero-order valence-corrected chi connectivity index (χ0v) is 27.3. The van der Waals surface area contributed by atoms with Crippen LogP contribution in [0.15, 0.2) is 94.2 Å². The van der Waals surface area contributed by atoms with Crippen molar-refractivity contribution >= 4 is 21.8 Å². The first-order valence-corrected chi connectivity index (χ1v) is 16.7. The summed E-state index contributed by atoms with van der Waals surface area (Å²) in [5.41, 5.74) is 3.44. The van der Waals surface area contributed by atoms with E-state index in [-0.39, 0.29) is 29.5 Å². The molecule has 0 saturated heterocycles. The van der Waals surface area contributed by atoms with Gasteiger partial charge in [0.05, 0.1) is 38.7 Å². The number of fused-ring (bicyclic) bond motifs is 1. The molecule has 3 atom stereocenters. The van der Waals surface area contributed by atoms with Crippen molar-refractivity contribution < 1.29 is 36.6 Å². The Kier molecular flexibility index (Phi) is 10.4. The van der Waals surface area contributed by atoms with Gasteiger partial charge in [-0.25, -0.2) is 8.42 Å². The third-order valence-corrected chi connectivity index (χ3v) is 10.1. The summed E-state index contributed by atoms with van der Waals surface area (Å²) >= 11 is 0. The average molecular weight is 646 g/mol. The Labute approximate surface area is 270 Å². The van der Waals surface area contributed by atoms with Crippen LogP contribution < -0.4 is 4.74 Å². The second-order valence-corrected chi connectivity index (χ2v) is 13.5. The highest BCUT2D eigenvalue weighted by molar-refractivity contribution is 7.89. The number of aryl methyl sites for hydroxylation is 1. The summed E-state index contributed by atoms with van der Waals surface area (Å²) in [6.45, 7) is 6.12. The summed E-state index contributed by atoms with van der Waals surface area (Å²) in [5, 5.41) is 0. The number of ketones is 1. The number of methoxy groups -OCH3 is 1. The van der Waals surface area contributed by atoms with E-state index in [0.29, 0.717) is 31.1 Å². The summed E-state index contributed by atoms with van der Waals surface area (Å²) in [5.74, 6) is -0.929. The van der Waals surface area contributed by atoms with Crippen LogP contribution in [0, 0.1) is 12.8 Å². The molecule has 46 heavy (non-hydrogen) atoms. The molecule has 0 amide bonds. The van der Waals surface area contributed by atoms with Gasteiger partial charge in [-0.2, -0.15) is 4.31 Å². The summed E-state index contributed by atoms with van der Waals surface area (Å²) in [7, 11) is -2.60. The lowest BCUT2D eigenvalue weighted by atomic mass is 9.84. The van der Waals surface area contributed by atoms with E-state index < -0.39 is 33.9 Å². The van der Waals surface area contributed by atoms with Crippen molar-refractivity contribution in [2.75, 3.05) is 20.3 Å². The van der Waals surface area contributed by atoms with Gasteiger partial charge in [-0.05, 0) is 53.4 Å². The predicted octanol–water partition coefficient (Wildman–Crippen LogP) is 6.29. The Bertz CT molecular complexity index is 1780. The smallest absolute Gasteiger partial charge is 0.309 e. The van der Waals surface area contributed by atoms with E-state index in [1.54, 1.807) is 43.3 Å². The maximum absolute atomic E-state index is 14.1. The van der Waals surface area contributed by atoms with E-state index >= 15 is 0 Å². The average Bonchev–Trinajstić information content (AvgIpc) is 3.51. The molecule has 0 N–H and O–H groups in total. The molecule has 9 nitrogen and oxygen atoms in total. The molecule has 4 aromatic rings. The quantitative estimate of drug-likeness (QED) is 0.100. The van der Waals surface area contributed by atoms with E-state index in [2.05, 4.69) is 0 Å². The third kappa shape index (κ3) is 7.41. The first kappa shape index (κ1) is 33.1. The van der Waals surface area contributed by atoms with Gasteiger partial charge in [-0.3, -0.25) is 9.59 Å². The highest BCUT2D eigenvalue weighted by Gasteiger charge is 2.36. The van der Waals surface area contributed by atoms with Gasteiger partial charge in [-0.15, -0.1) is 0 Å². The number of sulfonamides is 1. The van der Waals surface area contributed by atoms with Crippen molar-refractivity contribution in [3.8, 4) is 5.75 Å². The van der Waals surface area contributed by atoms with Crippen LogP contribution in [0.4, 0.5) is 0 Å². The molecule has 3 unspecified atom stereocenters. The van der Waals surface area contributed by atoms with E-state index in [1.807, 2.05) is 55.5 Å². The number of hydrogen-bond donors (Lipinski definition) is 0. The molecule has 0 bridgehead atoms. The molecule has 0 radical (unpaired) electrons. The minimum absolute atomic E-state index is 0.0806. The Balaban J connectivity index is 1.44. The number of hydrogen-bond acceptors (Lipinski definition) is 8. The van der Waals surface area contributed by atoms with Crippen LogP contribution in [0.2, 0.25) is 0 Å². The topological polar surface area (TPSA) is 112 Å². The van der Waals surface area contributed by atoms with Gasteiger partial charge in [0.25, 0.3) is 0 Å². The van der Waals surface area contributed by atoms with Gasteiger partial charge in [0.15, 0.2) is 11.5 Å². The van der Waals surface area contributed by atoms with E-state index in [0.717, 1.165) is 22.3 Å². The van der Waals surface area contributed by atoms with E-state index in [1.165, 1.54) is 18.3 Å². The number of Topliss-reactive ketones (excluding diaryl/α,β-unsaturated/α-hetero) is 1. The highest BCUT2D eigenvalue weighted by Crippen LogP contribution is 2.37. The highest BCUT2D eigenvalue weighted by atomic mass is 32.2. The minimum Gasteiger partial charge on any atom is -0.488 e. The van der Waals surface area contributed by atoms with Crippen molar-refractivity contribution in [2.24, 2.45) is 5.92 Å². The second-order valence-electron chi connectivity index (χ2n) is 11.5. The van der Waals surface area contributed by atoms with Crippen LogP contribution in [-0.4, -0.2) is 50.8 Å². The van der Waals surface area contributed by atoms with Crippen LogP contribution in [0.1, 0.15) is 64.8 Å². The lowest BCUT2D eigenvalue weighted by Crippen LogP contribution is -2.37. The van der Waals surface area contributed by atoms with E-state index in [4.69, 9.17) is 18.6 Å². The standard InChI is InChI=1S/C36H39NO8S/c1-24-14-15-28(35(25(2)36(39)42-4)33-17-16-31(45-33)26(3)38)20-29(24)21-37-22-30(18-19-43-23-27-10-6-5-7-11-27)44-32-12-8-9-13-34(32)46(37,40)41/h5-17,20,25,30,35H,18-19,21-23H2,1-4H3. The molecular formula is C36H39NO8S. The Morgan fingerprint density at radius 1 is 1.00 bits per heavy atom. The molecule has 0 spiro atoms. The number of nitrogens with zero attached hydrogens (tertiary/aromatic N) is 1. The van der Waals surface area contributed by atoms with Gasteiger partial charge in [-0.1, -0.05) is 67.6 Å². The summed E-state index contributed by atoms with van der Waals surface area (Å²) in [6.07, 6.45) is 0.0416. The van der Waals surface area contributed by atoms with Crippen LogP contribution >= 0.6 is 0 Å². The van der Waals surface area contributed by atoms with Crippen LogP contribution in [0.3, 0.4) is 0 Å². The van der Waals surface area contributed by atoms with Crippen LogP contribution in [0.5, 0.6) is 5.75 Å². The molecule has 2 heterocycles. The van der Waals surface area contributed by atoms with Crippen LogP contribution in [-0.2, 0) is 37.4 Å². The fourth-order valence-electron chi connectivity index (χ4n) is 5.70. The fourth-order valence-corrected chi connectivity index (χ4v) is 7.27. The van der Waals surface area contributed by atoms with Crippen molar-refractivity contribution in [3.63, 3.8) is 0 Å². The van der Waals surface area contributed by atoms with Gasteiger partial charge < -0.3 is 18.6 Å². The van der Waals surface area contributed by atoms with Crippen LogP contribution in [0.25, 0.3) is 0 Å². The van der Waals surface area contributed by atoms with E-state index in [9.17, 15) is 18.0 Å². The second kappa shape index (κ2) is 14.5. The molecule has 1 aliphatic heterocycles. The monoisotopic (exact) mass is 645 g/mol. The SMILES string of the molecule is COC(=O)C(C)C(c1ccc(C)c(CN2CC(CCOCc3ccccc3)Oc3ccccc3S2(=O)=O)c1)c1ccc(C(C)=O)o1. The lowest BCUT2D eigenvalue weighted by molar-refractivity contribution is -0.145. The first-order chi connectivity index (χ1) is 22.1. The lowest BCUT2D eigenvalue weighted by Gasteiger charge is -2.25. The maximum atomic E-state index is 14.1. The zero-order valence-electron chi connectivity index (χ0n) is 26.5. The molecule has 1 aliphatic rings. The molecule has 5 rings (SSSR count). The molecule has 3 aromatic carbocycles. The van der Waals surface area contributed by atoms with Gasteiger partial charge in [0, 0.05) is 19.9 Å². The fraction of sp³-hybridized carbons (Fsp3) is 0.333. The third-order valence-electron chi connectivity index (χ3n) is 8.30. The van der Waals surface area contributed by atoms with Gasteiger partial charge in [0.1, 0.15) is 22.5 Å². The first-order valence-electron chi connectivity index (χ1n) is 15.2. The minimum atomic E-state index is -3.93. The zero-order chi connectivity index (χ0) is 32.8. The molecule has 0 fully saturated rings. The molecule has 0 aliphatic carbocycles. The number of carbonyl (C=O) groups is 2. The number of benzene rings is 3. The van der Waals surface area contributed by atoms with Crippen molar-refractivity contribution in [1.29, 1.82) is 0 Å². The largest absolute Gasteiger partial charge is 0.488 e. The number of esters is 1. The van der Waals surface area contributed by atoms with Crippen molar-refractivity contribution in [2.45, 2.75) is 57.3 Å². The predicted molar refractivity (Wildman–Crippen MR) is 172 cm³/mol. The molecule has 0 saturated carbocycles. The van der Waals surface area contributed by atoms with Crippen molar-refractivity contribution in [3.05, 3.63) is 119 Å². The summed E-state index contributed by atoms with van der Waals surface area (Å²) < 4.78 is 52.7. The van der Waals surface area contributed by atoms with Gasteiger partial charge >= 0.3 is 5.97 Å². The maximum Gasteiger partial charge on any atom is 0.309 e. The number of para-hydroxylation sites is 1. The molecule has 242 valence electrons. The number of rotatable bonds is 12. The number of ether oxygens (including phenoxy) is 3.